The number of phenols is 1. The number of allylic oxidation sites excluding steroid dienone is 1. The number of aromatic hydroxyl groups is 1. The van der Waals surface area contributed by atoms with Crippen LogP contribution in [0.3, 0.4) is 0 Å². The van der Waals surface area contributed by atoms with E-state index < -0.39 is 47.7 Å². The number of ether oxygens (including phenoxy) is 1. The average Bonchev–Trinajstić information content (AvgIpc) is 3.40. The Kier molecular flexibility index (Phi) is 9.76. The van der Waals surface area contributed by atoms with Crippen LogP contribution in [0, 0.1) is 41.7 Å². The summed E-state index contributed by atoms with van der Waals surface area (Å²) in [5.74, 6) is -2.00. The van der Waals surface area contributed by atoms with Crippen LogP contribution in [0.4, 0.5) is 11.4 Å². The predicted molar refractivity (Wildman–Crippen MR) is 196 cm³/mol. The maximum Gasteiger partial charge on any atom is 0.455 e. The Labute approximate surface area is 301 Å². The maximum atomic E-state index is 14.2. The summed E-state index contributed by atoms with van der Waals surface area (Å²) in [6.45, 7) is 3.87. The zero-order valence-electron chi connectivity index (χ0n) is 28.8. The van der Waals surface area contributed by atoms with Crippen LogP contribution < -0.4 is 9.64 Å². The van der Waals surface area contributed by atoms with Gasteiger partial charge in [-0.1, -0.05) is 30.3 Å². The maximum absolute atomic E-state index is 14.2. The molecule has 0 radical (unpaired) electrons. The highest BCUT2D eigenvalue weighted by atomic mass is 16.6. The Morgan fingerprint density at radius 1 is 1.02 bits per heavy atom. The van der Waals surface area contributed by atoms with E-state index in [1.54, 1.807) is 6.20 Å². The van der Waals surface area contributed by atoms with Gasteiger partial charge in [0.2, 0.25) is 11.8 Å². The molecule has 4 atom stereocenters. The molecule has 2 N–H and O–H groups in total. The van der Waals surface area contributed by atoms with Gasteiger partial charge in [0.1, 0.15) is 18.1 Å². The molecule has 3 aliphatic rings. The minimum absolute atomic E-state index is 0.110. The highest BCUT2D eigenvalue weighted by Gasteiger charge is 2.57. The highest BCUT2D eigenvalue weighted by Crippen LogP contribution is 2.51. The van der Waals surface area contributed by atoms with Crippen molar-refractivity contribution in [2.45, 2.75) is 45.5 Å². The lowest BCUT2D eigenvalue weighted by Crippen LogP contribution is -2.46. The van der Waals surface area contributed by atoms with E-state index in [2.05, 4.69) is 4.98 Å². The largest absolute Gasteiger partial charge is 0.507 e. The van der Waals surface area contributed by atoms with Gasteiger partial charge in [0.25, 0.3) is 5.69 Å². The van der Waals surface area contributed by atoms with E-state index in [1.807, 2.05) is 80.6 Å². The number of carbonyl (C=O) groups excluding carboxylic acids is 2. The minimum Gasteiger partial charge on any atom is -0.507 e. The number of anilines is 1. The third kappa shape index (κ3) is 6.87. The van der Waals surface area contributed by atoms with Crippen molar-refractivity contribution in [2.75, 3.05) is 11.5 Å². The number of rotatable bonds is 10. The van der Waals surface area contributed by atoms with E-state index >= 15 is 0 Å². The van der Waals surface area contributed by atoms with Crippen LogP contribution in [0.2, 0.25) is 6.32 Å². The molecule has 11 nitrogen and oxygen atoms in total. The summed E-state index contributed by atoms with van der Waals surface area (Å²) in [6.07, 6.45) is 4.45. The van der Waals surface area contributed by atoms with E-state index in [1.165, 1.54) is 24.3 Å². The van der Waals surface area contributed by atoms with Crippen LogP contribution in [0.15, 0.2) is 102 Å². The lowest BCUT2D eigenvalue weighted by molar-refractivity contribution is -0.384. The number of aromatic nitrogens is 1. The van der Waals surface area contributed by atoms with E-state index in [-0.39, 0.29) is 36.5 Å². The first kappa shape index (κ1) is 34.8. The van der Waals surface area contributed by atoms with E-state index in [0.717, 1.165) is 44.0 Å². The molecule has 1 aliphatic carbocycles. The standard InChI is InChI=1S/C40H38BN3O8/c1-24-17-26(18-25(2)38(24)45)19-27(34-13-6-7-16-42-34)14-15-35-36-28(23-51-31-11-4-3-5-12-31)20-32-37(33(36)22-41(48)52-35)40(47)43(39(32)46)29-9-8-10-30(21-29)44(49)50/h3-13,16-19,21,32-33,35,37,45,48H,14-15,20,22-23H2,1-2H3/b27-19-/t32-,33+,35-,37-/m1/s1. The molecule has 0 spiro atoms. The zero-order valence-corrected chi connectivity index (χ0v) is 28.8. The van der Waals surface area contributed by atoms with Crippen molar-refractivity contribution in [1.82, 2.24) is 4.98 Å². The first-order valence-corrected chi connectivity index (χ1v) is 17.4. The lowest BCUT2D eigenvalue weighted by atomic mass is 9.58. The van der Waals surface area contributed by atoms with Crippen molar-refractivity contribution in [1.29, 1.82) is 0 Å². The fourth-order valence-corrected chi connectivity index (χ4v) is 7.97. The van der Waals surface area contributed by atoms with Crippen molar-refractivity contribution >= 4 is 42.0 Å². The second kappa shape index (κ2) is 14.6. The molecule has 3 heterocycles. The fraction of sp³-hybridized carbons (Fsp3) is 0.275. The molecule has 12 heteroatoms. The summed E-state index contributed by atoms with van der Waals surface area (Å²) in [6, 6.07) is 24.4. The molecule has 1 aromatic heterocycles. The quantitative estimate of drug-likeness (QED) is 0.0605. The van der Waals surface area contributed by atoms with Gasteiger partial charge in [-0.05, 0) is 127 Å². The van der Waals surface area contributed by atoms with Gasteiger partial charge in [-0.3, -0.25) is 24.7 Å². The topological polar surface area (TPSA) is 152 Å². The average molecular weight is 700 g/mol. The van der Waals surface area contributed by atoms with E-state index in [9.17, 15) is 29.8 Å². The molecule has 0 unspecified atom stereocenters. The number of phenolic OH excluding ortho intramolecular Hbond substituents is 1. The van der Waals surface area contributed by atoms with Crippen LogP contribution >= 0.6 is 0 Å². The van der Waals surface area contributed by atoms with Gasteiger partial charge in [-0.25, -0.2) is 4.90 Å². The summed E-state index contributed by atoms with van der Waals surface area (Å²) in [5, 5.41) is 33.1. The fourth-order valence-electron chi connectivity index (χ4n) is 7.97. The molecule has 2 saturated heterocycles. The second-order valence-electron chi connectivity index (χ2n) is 13.6. The molecule has 2 amide bonds. The van der Waals surface area contributed by atoms with Gasteiger partial charge in [0.05, 0.1) is 34.2 Å². The Hall–Kier alpha value is -5.59. The number of hydrogen-bond acceptors (Lipinski definition) is 9. The monoisotopic (exact) mass is 699 g/mol. The Balaban J connectivity index is 1.25. The third-order valence-electron chi connectivity index (χ3n) is 10.3. The number of nitrogens with zero attached hydrogens (tertiary/aromatic N) is 3. The summed E-state index contributed by atoms with van der Waals surface area (Å²) in [7, 11) is -1.19. The number of aryl methyl sites for hydroxylation is 2. The van der Waals surface area contributed by atoms with Crippen LogP contribution in [-0.4, -0.2) is 51.7 Å². The van der Waals surface area contributed by atoms with Gasteiger partial charge < -0.3 is 19.5 Å². The van der Waals surface area contributed by atoms with Crippen LogP contribution in [-0.2, 0) is 14.2 Å². The van der Waals surface area contributed by atoms with Gasteiger partial charge >= 0.3 is 7.12 Å². The zero-order chi connectivity index (χ0) is 36.5. The van der Waals surface area contributed by atoms with Crippen LogP contribution in [0.25, 0.3) is 11.6 Å². The van der Waals surface area contributed by atoms with Gasteiger partial charge in [-0.2, -0.15) is 0 Å². The SMILES string of the molecule is Cc1cc(/C=C(/CC[C@H]2OB(O)C[C@H]3C2=C(COc2ccccc2)C[C@H]2C(=O)N(c4cccc([N+](=O)[O-])c4)C(=O)[C@H]23)c2ccccn2)cc(C)c1O. The summed E-state index contributed by atoms with van der Waals surface area (Å²) in [4.78, 5) is 45.0. The Morgan fingerprint density at radius 3 is 2.48 bits per heavy atom. The Morgan fingerprint density at radius 2 is 1.77 bits per heavy atom. The summed E-state index contributed by atoms with van der Waals surface area (Å²) in [5.41, 5.74) is 5.73. The third-order valence-corrected chi connectivity index (χ3v) is 10.3. The normalized spacial score (nSPS) is 21.6. The smallest absolute Gasteiger partial charge is 0.455 e. The molecule has 7 rings (SSSR count). The molecule has 52 heavy (non-hydrogen) atoms. The number of para-hydroxylation sites is 1. The van der Waals surface area contributed by atoms with Crippen LogP contribution in [0.1, 0.15) is 41.6 Å². The van der Waals surface area contributed by atoms with Crippen molar-refractivity contribution in [3.63, 3.8) is 0 Å². The van der Waals surface area contributed by atoms with Crippen molar-refractivity contribution in [2.24, 2.45) is 17.8 Å². The highest BCUT2D eigenvalue weighted by molar-refractivity contribution is 6.43. The first-order chi connectivity index (χ1) is 25.1. The van der Waals surface area contributed by atoms with E-state index in [4.69, 9.17) is 9.39 Å². The molecule has 2 fully saturated rings. The number of non-ortho nitro benzene ring substituents is 1. The number of imide groups is 1. The molecule has 0 bridgehead atoms. The number of fused-ring (bicyclic) bond motifs is 3. The number of hydrogen-bond donors (Lipinski definition) is 2. The van der Waals surface area contributed by atoms with Gasteiger partial charge in [0, 0.05) is 18.3 Å². The first-order valence-electron chi connectivity index (χ1n) is 17.4. The van der Waals surface area contributed by atoms with Gasteiger partial charge in [-0.15, -0.1) is 0 Å². The molecular formula is C40H38BN3O8. The number of pyridine rings is 1. The summed E-state index contributed by atoms with van der Waals surface area (Å²) >= 11 is 0. The molecule has 3 aromatic carbocycles. The minimum atomic E-state index is -1.19. The molecule has 4 aromatic rings. The molecule has 2 aliphatic heterocycles. The number of nitro groups is 1. The molecule has 264 valence electrons. The van der Waals surface area contributed by atoms with Crippen LogP contribution in [0.5, 0.6) is 11.5 Å². The van der Waals surface area contributed by atoms with Gasteiger partial charge in [0.15, 0.2) is 0 Å². The van der Waals surface area contributed by atoms with E-state index in [0.29, 0.717) is 18.6 Å². The number of amides is 2. The number of benzene rings is 3. The Bertz CT molecular complexity index is 2060. The predicted octanol–water partition coefficient (Wildman–Crippen LogP) is 6.71. The van der Waals surface area contributed by atoms with Crippen molar-refractivity contribution < 1.29 is 34.0 Å². The van der Waals surface area contributed by atoms with Crippen molar-refractivity contribution in [3.8, 4) is 11.5 Å². The second-order valence-corrected chi connectivity index (χ2v) is 13.6. The van der Waals surface area contributed by atoms with Crippen molar-refractivity contribution in [3.05, 3.63) is 135 Å². The lowest BCUT2D eigenvalue weighted by Gasteiger charge is -2.43. The number of carbonyl (C=O) groups is 2. The molecular weight excluding hydrogens is 661 g/mol. The molecule has 0 saturated carbocycles. The number of nitro benzene ring substituents is 1. The summed E-state index contributed by atoms with van der Waals surface area (Å²) < 4.78 is 12.5.